The summed E-state index contributed by atoms with van der Waals surface area (Å²) in [5.74, 6) is 0.558. The van der Waals surface area contributed by atoms with Crippen molar-refractivity contribution in [2.24, 2.45) is 5.73 Å². The van der Waals surface area contributed by atoms with Crippen molar-refractivity contribution in [1.29, 1.82) is 0 Å². The molecule has 0 radical (unpaired) electrons. The van der Waals surface area contributed by atoms with Crippen LogP contribution >= 0.6 is 24.8 Å². The molecule has 2 heterocycles. The molecule has 1 saturated heterocycles. The number of carbonyl (C=O) groups is 1. The van der Waals surface area contributed by atoms with E-state index in [2.05, 4.69) is 9.97 Å². The lowest BCUT2D eigenvalue weighted by molar-refractivity contribution is -0.133. The fourth-order valence-corrected chi connectivity index (χ4v) is 2.19. The summed E-state index contributed by atoms with van der Waals surface area (Å²) < 4.78 is 0. The van der Waals surface area contributed by atoms with Crippen LogP contribution in [0.5, 0.6) is 0 Å². The topological polar surface area (TPSA) is 75.0 Å². The minimum absolute atomic E-state index is 0. The van der Waals surface area contributed by atoms with Crippen molar-refractivity contribution >= 4 is 30.7 Å². The van der Waals surface area contributed by atoms with Gasteiger partial charge in [0.25, 0.3) is 0 Å². The normalized spacial score (nSPS) is 17.6. The third kappa shape index (κ3) is 3.86. The Labute approximate surface area is 119 Å². The van der Waals surface area contributed by atoms with Gasteiger partial charge in [-0.2, -0.15) is 0 Å². The van der Waals surface area contributed by atoms with Crippen LogP contribution in [0.2, 0.25) is 0 Å². The molecule has 0 saturated carbocycles. The summed E-state index contributed by atoms with van der Waals surface area (Å²) in [6, 6.07) is -0.385. The summed E-state index contributed by atoms with van der Waals surface area (Å²) in [6.45, 7) is 3.33. The SMILES string of the molecule is C[C@@H](N)C(=O)N1CCC(c2cnc[nH]2)CC1.Cl.Cl. The van der Waals surface area contributed by atoms with E-state index in [0.717, 1.165) is 25.9 Å². The van der Waals surface area contributed by atoms with Gasteiger partial charge in [-0.05, 0) is 19.8 Å². The molecule has 1 amide bonds. The first-order chi connectivity index (χ1) is 7.68. The number of hydrogen-bond donors (Lipinski definition) is 2. The predicted molar refractivity (Wildman–Crippen MR) is 75.3 cm³/mol. The van der Waals surface area contributed by atoms with E-state index < -0.39 is 0 Å². The number of nitrogens with two attached hydrogens (primary N) is 1. The van der Waals surface area contributed by atoms with Gasteiger partial charge in [0, 0.05) is 30.9 Å². The van der Waals surface area contributed by atoms with E-state index >= 15 is 0 Å². The lowest BCUT2D eigenvalue weighted by Gasteiger charge is -2.32. The Morgan fingerprint density at radius 1 is 1.50 bits per heavy atom. The maximum absolute atomic E-state index is 11.7. The third-order valence-electron chi connectivity index (χ3n) is 3.16. The molecule has 1 aliphatic rings. The number of likely N-dealkylation sites (tertiary alicyclic amines) is 1. The Hall–Kier alpha value is -0.780. The molecule has 1 fully saturated rings. The zero-order valence-electron chi connectivity index (χ0n) is 10.3. The molecule has 1 aromatic rings. The zero-order valence-corrected chi connectivity index (χ0v) is 12.0. The molecule has 1 atom stereocenters. The maximum atomic E-state index is 11.7. The Morgan fingerprint density at radius 2 is 2.11 bits per heavy atom. The minimum Gasteiger partial charge on any atom is -0.348 e. The molecule has 2 rings (SSSR count). The van der Waals surface area contributed by atoms with E-state index in [4.69, 9.17) is 5.73 Å². The van der Waals surface area contributed by atoms with Gasteiger partial charge in [-0.3, -0.25) is 4.79 Å². The molecule has 3 N–H and O–H groups in total. The molecule has 18 heavy (non-hydrogen) atoms. The number of carbonyl (C=O) groups excluding carboxylic acids is 1. The van der Waals surface area contributed by atoms with E-state index in [1.807, 2.05) is 11.1 Å². The number of aromatic nitrogens is 2. The fourth-order valence-electron chi connectivity index (χ4n) is 2.19. The summed E-state index contributed by atoms with van der Waals surface area (Å²) in [6.07, 6.45) is 5.55. The van der Waals surface area contributed by atoms with Crippen LogP contribution in [0.4, 0.5) is 0 Å². The minimum atomic E-state index is -0.385. The molecule has 5 nitrogen and oxygen atoms in total. The van der Waals surface area contributed by atoms with Gasteiger partial charge in [0.1, 0.15) is 0 Å². The second-order valence-corrected chi connectivity index (χ2v) is 4.40. The zero-order chi connectivity index (χ0) is 11.5. The number of piperidine rings is 1. The lowest BCUT2D eigenvalue weighted by atomic mass is 9.94. The Kier molecular flexibility index (Phi) is 7.28. The van der Waals surface area contributed by atoms with E-state index in [1.54, 1.807) is 13.3 Å². The highest BCUT2D eigenvalue weighted by Crippen LogP contribution is 2.26. The molecular weight excluding hydrogens is 275 g/mol. The quantitative estimate of drug-likeness (QED) is 0.863. The fraction of sp³-hybridized carbons (Fsp3) is 0.636. The van der Waals surface area contributed by atoms with E-state index in [1.165, 1.54) is 5.69 Å². The number of rotatable bonds is 2. The molecular formula is C11H20Cl2N4O. The molecule has 0 bridgehead atoms. The second kappa shape index (κ2) is 7.61. The molecule has 7 heteroatoms. The molecule has 0 aromatic carbocycles. The first-order valence-corrected chi connectivity index (χ1v) is 5.71. The number of aromatic amines is 1. The number of H-pyrrole nitrogens is 1. The summed E-state index contributed by atoms with van der Waals surface area (Å²) in [4.78, 5) is 20.7. The van der Waals surface area contributed by atoms with Crippen molar-refractivity contribution in [2.45, 2.75) is 31.7 Å². The number of nitrogens with one attached hydrogen (secondary N) is 1. The average molecular weight is 295 g/mol. The van der Waals surface area contributed by atoms with Crippen LogP contribution in [0.1, 0.15) is 31.4 Å². The highest BCUT2D eigenvalue weighted by Gasteiger charge is 2.25. The monoisotopic (exact) mass is 294 g/mol. The number of imidazole rings is 1. The molecule has 0 aliphatic carbocycles. The van der Waals surface area contributed by atoms with Crippen LogP contribution in [-0.4, -0.2) is 39.9 Å². The van der Waals surface area contributed by atoms with Gasteiger partial charge in [-0.25, -0.2) is 4.98 Å². The van der Waals surface area contributed by atoms with Crippen LogP contribution < -0.4 is 5.73 Å². The first-order valence-electron chi connectivity index (χ1n) is 5.71. The van der Waals surface area contributed by atoms with Crippen LogP contribution in [0.15, 0.2) is 12.5 Å². The molecule has 104 valence electrons. The summed E-state index contributed by atoms with van der Waals surface area (Å²) in [7, 11) is 0. The third-order valence-corrected chi connectivity index (χ3v) is 3.16. The number of nitrogens with zero attached hydrogens (tertiary/aromatic N) is 2. The summed E-state index contributed by atoms with van der Waals surface area (Å²) in [5.41, 5.74) is 6.76. The van der Waals surface area contributed by atoms with Crippen molar-refractivity contribution in [3.8, 4) is 0 Å². The molecule has 0 unspecified atom stereocenters. The van der Waals surface area contributed by atoms with Gasteiger partial charge in [-0.1, -0.05) is 0 Å². The predicted octanol–water partition coefficient (Wildman–Crippen LogP) is 1.31. The van der Waals surface area contributed by atoms with Crippen molar-refractivity contribution in [2.75, 3.05) is 13.1 Å². The van der Waals surface area contributed by atoms with Crippen LogP contribution in [0.3, 0.4) is 0 Å². The van der Waals surface area contributed by atoms with E-state index in [9.17, 15) is 4.79 Å². The Balaban J connectivity index is 0.00000144. The van der Waals surface area contributed by atoms with Gasteiger partial charge in [0.2, 0.25) is 5.91 Å². The first kappa shape index (κ1) is 17.2. The van der Waals surface area contributed by atoms with Crippen molar-refractivity contribution < 1.29 is 4.79 Å². The van der Waals surface area contributed by atoms with Crippen LogP contribution in [-0.2, 0) is 4.79 Å². The standard InChI is InChI=1S/C11H18N4O.2ClH/c1-8(12)11(16)15-4-2-9(3-5-15)10-6-13-7-14-10;;/h6-9H,2-5,12H2,1H3,(H,13,14);2*1H/t8-;;/m1../s1. The summed E-state index contributed by atoms with van der Waals surface area (Å²) in [5, 5.41) is 0. The Morgan fingerprint density at radius 3 is 2.56 bits per heavy atom. The van der Waals surface area contributed by atoms with Crippen LogP contribution in [0.25, 0.3) is 0 Å². The van der Waals surface area contributed by atoms with Gasteiger partial charge in [0.15, 0.2) is 0 Å². The van der Waals surface area contributed by atoms with E-state index in [-0.39, 0.29) is 36.8 Å². The second-order valence-electron chi connectivity index (χ2n) is 4.40. The largest absolute Gasteiger partial charge is 0.348 e. The van der Waals surface area contributed by atoms with Crippen LogP contribution in [0, 0.1) is 0 Å². The van der Waals surface area contributed by atoms with Crippen molar-refractivity contribution in [3.63, 3.8) is 0 Å². The maximum Gasteiger partial charge on any atom is 0.239 e. The smallest absolute Gasteiger partial charge is 0.239 e. The molecule has 1 aliphatic heterocycles. The van der Waals surface area contributed by atoms with E-state index in [0.29, 0.717) is 5.92 Å². The molecule has 1 aromatic heterocycles. The average Bonchev–Trinajstić information content (AvgIpc) is 2.81. The van der Waals surface area contributed by atoms with Gasteiger partial charge < -0.3 is 15.6 Å². The number of amides is 1. The highest BCUT2D eigenvalue weighted by molar-refractivity contribution is 5.85. The van der Waals surface area contributed by atoms with Crippen molar-refractivity contribution in [3.05, 3.63) is 18.2 Å². The number of hydrogen-bond acceptors (Lipinski definition) is 3. The summed E-state index contributed by atoms with van der Waals surface area (Å²) >= 11 is 0. The van der Waals surface area contributed by atoms with Gasteiger partial charge in [0.05, 0.1) is 12.4 Å². The molecule has 0 spiro atoms. The van der Waals surface area contributed by atoms with Gasteiger partial charge >= 0.3 is 0 Å². The van der Waals surface area contributed by atoms with Crippen molar-refractivity contribution in [1.82, 2.24) is 14.9 Å². The highest BCUT2D eigenvalue weighted by atomic mass is 35.5. The Bertz CT molecular complexity index is 348. The lowest BCUT2D eigenvalue weighted by Crippen LogP contribution is -2.45. The van der Waals surface area contributed by atoms with Gasteiger partial charge in [-0.15, -0.1) is 24.8 Å². The number of halogens is 2.